The van der Waals surface area contributed by atoms with E-state index in [2.05, 4.69) is 11.7 Å². The third kappa shape index (κ3) is 14.9. The third-order valence-electron chi connectivity index (χ3n) is 5.71. The van der Waals surface area contributed by atoms with Gasteiger partial charge in [-0.1, -0.05) is 84.0 Å². The summed E-state index contributed by atoms with van der Waals surface area (Å²) in [4.78, 5) is 11.9. The summed E-state index contributed by atoms with van der Waals surface area (Å²) in [6.07, 6.45) is 12.6. The molecule has 0 saturated carbocycles. The van der Waals surface area contributed by atoms with Crippen LogP contribution in [0.1, 0.15) is 96.8 Å². The SMILES string of the molecule is C1CO1.CCCCCCCCCCCCCCCC(=O)O[C@H](CO)[C@H]1OC[C@H](O)[C@H]1O. The monoisotopic (exact) mass is 446 g/mol. The maximum Gasteiger partial charge on any atom is 0.306 e. The van der Waals surface area contributed by atoms with Crippen LogP contribution in [0.4, 0.5) is 0 Å². The molecule has 31 heavy (non-hydrogen) atoms. The minimum atomic E-state index is -1.14. The quantitative estimate of drug-likeness (QED) is 0.178. The van der Waals surface area contributed by atoms with E-state index in [-0.39, 0.29) is 12.6 Å². The van der Waals surface area contributed by atoms with Crippen LogP contribution in [-0.4, -0.2) is 72.1 Å². The molecule has 2 aliphatic heterocycles. The molecule has 2 rings (SSSR count). The van der Waals surface area contributed by atoms with Crippen molar-refractivity contribution in [3.63, 3.8) is 0 Å². The number of esters is 1. The number of aliphatic hydroxyl groups excluding tert-OH is 3. The molecule has 0 bridgehead atoms. The zero-order valence-corrected chi connectivity index (χ0v) is 19.5. The van der Waals surface area contributed by atoms with Crippen LogP contribution in [0.15, 0.2) is 0 Å². The van der Waals surface area contributed by atoms with Gasteiger partial charge in [-0.15, -0.1) is 0 Å². The van der Waals surface area contributed by atoms with Crippen molar-refractivity contribution in [1.29, 1.82) is 0 Å². The van der Waals surface area contributed by atoms with Gasteiger partial charge in [-0.25, -0.2) is 0 Å². The lowest BCUT2D eigenvalue weighted by atomic mass is 10.0. The average Bonchev–Trinajstić information content (AvgIpc) is 3.61. The largest absolute Gasteiger partial charge is 0.457 e. The second kappa shape index (κ2) is 18.8. The van der Waals surface area contributed by atoms with E-state index in [4.69, 9.17) is 9.47 Å². The number of carbonyl (C=O) groups excluding carboxylic acids is 1. The summed E-state index contributed by atoms with van der Waals surface area (Å²) < 4.78 is 14.9. The third-order valence-corrected chi connectivity index (χ3v) is 5.71. The number of unbranched alkanes of at least 4 members (excludes halogenated alkanes) is 12. The van der Waals surface area contributed by atoms with Gasteiger partial charge in [-0.05, 0) is 6.42 Å². The van der Waals surface area contributed by atoms with Gasteiger partial charge in [0, 0.05) is 6.42 Å². The van der Waals surface area contributed by atoms with Crippen LogP contribution in [0, 0.1) is 0 Å². The first kappa shape index (κ1) is 28.3. The number of aliphatic hydroxyl groups is 3. The van der Waals surface area contributed by atoms with Crippen LogP contribution in [-0.2, 0) is 19.0 Å². The van der Waals surface area contributed by atoms with Crippen LogP contribution in [0.2, 0.25) is 0 Å². The van der Waals surface area contributed by atoms with Crippen molar-refractivity contribution in [2.45, 2.75) is 121 Å². The van der Waals surface area contributed by atoms with E-state index in [1.807, 2.05) is 0 Å². The highest BCUT2D eigenvalue weighted by atomic mass is 16.6. The Labute approximate surface area is 188 Å². The van der Waals surface area contributed by atoms with Crippen molar-refractivity contribution >= 4 is 5.97 Å². The van der Waals surface area contributed by atoms with Crippen molar-refractivity contribution in [2.75, 3.05) is 26.4 Å². The first-order valence-corrected chi connectivity index (χ1v) is 12.5. The highest BCUT2D eigenvalue weighted by Gasteiger charge is 2.41. The van der Waals surface area contributed by atoms with Gasteiger partial charge in [0.05, 0.1) is 26.4 Å². The topological polar surface area (TPSA) is 109 Å². The lowest BCUT2D eigenvalue weighted by molar-refractivity contribution is -0.162. The fourth-order valence-electron chi connectivity index (χ4n) is 3.68. The molecule has 3 N–H and O–H groups in total. The Hall–Kier alpha value is -0.730. The summed E-state index contributed by atoms with van der Waals surface area (Å²) in [5.74, 6) is -0.390. The molecule has 184 valence electrons. The van der Waals surface area contributed by atoms with E-state index in [0.717, 1.165) is 32.5 Å². The number of carbonyl (C=O) groups is 1. The summed E-state index contributed by atoms with van der Waals surface area (Å²) in [5.41, 5.74) is 0. The Bertz CT molecular complexity index is 427. The van der Waals surface area contributed by atoms with Gasteiger partial charge in [0.25, 0.3) is 0 Å². The molecule has 2 saturated heterocycles. The van der Waals surface area contributed by atoms with Gasteiger partial charge in [0.15, 0.2) is 6.10 Å². The van der Waals surface area contributed by atoms with Gasteiger partial charge < -0.3 is 29.5 Å². The molecule has 0 unspecified atom stereocenters. The molecule has 0 aromatic rings. The average molecular weight is 447 g/mol. The second-order valence-corrected chi connectivity index (χ2v) is 8.67. The van der Waals surface area contributed by atoms with E-state index in [9.17, 15) is 20.1 Å². The van der Waals surface area contributed by atoms with Crippen LogP contribution >= 0.6 is 0 Å². The molecule has 0 aromatic heterocycles. The Balaban J connectivity index is 0.00000146. The maximum atomic E-state index is 11.9. The minimum Gasteiger partial charge on any atom is -0.457 e. The van der Waals surface area contributed by atoms with Crippen molar-refractivity contribution in [2.24, 2.45) is 0 Å². The minimum absolute atomic E-state index is 0.0151. The number of rotatable bonds is 17. The van der Waals surface area contributed by atoms with E-state index in [0.29, 0.717) is 6.42 Å². The second-order valence-electron chi connectivity index (χ2n) is 8.67. The lowest BCUT2D eigenvalue weighted by Gasteiger charge is -2.24. The van der Waals surface area contributed by atoms with Gasteiger partial charge in [-0.2, -0.15) is 0 Å². The van der Waals surface area contributed by atoms with Crippen molar-refractivity contribution in [3.05, 3.63) is 0 Å². The van der Waals surface area contributed by atoms with Crippen molar-refractivity contribution in [1.82, 2.24) is 0 Å². The van der Waals surface area contributed by atoms with E-state index < -0.39 is 31.0 Å². The van der Waals surface area contributed by atoms with Gasteiger partial charge in [-0.3, -0.25) is 4.79 Å². The normalized spacial score (nSPS) is 23.2. The van der Waals surface area contributed by atoms with Crippen LogP contribution in [0.3, 0.4) is 0 Å². The predicted octanol–water partition coefficient (Wildman–Crippen LogP) is 3.51. The number of hydrogen-bond donors (Lipinski definition) is 3. The standard InChI is InChI=1S/C22H42O6.C2H4O/c1-2-3-4-5-6-7-8-9-10-11-12-13-14-15-20(25)28-19(16-23)22-21(26)18(24)17-27-22;1-2-3-1/h18-19,21-24,26H,2-17H2,1H3;1-2H2/t18-,19+,21+,22+;/m0./s1. The zero-order chi connectivity index (χ0) is 22.7. The molecular weight excluding hydrogens is 400 g/mol. The molecule has 2 fully saturated rings. The fourth-order valence-corrected chi connectivity index (χ4v) is 3.68. The van der Waals surface area contributed by atoms with E-state index >= 15 is 0 Å². The van der Waals surface area contributed by atoms with Crippen LogP contribution in [0.25, 0.3) is 0 Å². The van der Waals surface area contributed by atoms with Crippen molar-refractivity contribution in [3.8, 4) is 0 Å². The first-order valence-electron chi connectivity index (χ1n) is 12.5. The summed E-state index contributed by atoms with van der Waals surface area (Å²) in [5, 5.41) is 28.7. The highest BCUT2D eigenvalue weighted by Crippen LogP contribution is 2.20. The molecule has 0 aromatic carbocycles. The van der Waals surface area contributed by atoms with E-state index in [1.54, 1.807) is 0 Å². The number of epoxide rings is 1. The molecule has 7 heteroatoms. The molecule has 2 heterocycles. The highest BCUT2D eigenvalue weighted by molar-refractivity contribution is 5.69. The number of ether oxygens (including phenoxy) is 3. The smallest absolute Gasteiger partial charge is 0.306 e. The fraction of sp³-hybridized carbons (Fsp3) is 0.958. The van der Waals surface area contributed by atoms with Gasteiger partial charge >= 0.3 is 5.97 Å². The predicted molar refractivity (Wildman–Crippen MR) is 120 cm³/mol. The Morgan fingerprint density at radius 2 is 1.39 bits per heavy atom. The summed E-state index contributed by atoms with van der Waals surface area (Å²) >= 11 is 0. The summed E-state index contributed by atoms with van der Waals surface area (Å²) in [6, 6.07) is 0. The molecular formula is C24H46O7. The Morgan fingerprint density at radius 1 is 0.903 bits per heavy atom. The Morgan fingerprint density at radius 3 is 1.77 bits per heavy atom. The number of hydrogen-bond acceptors (Lipinski definition) is 7. The molecule has 0 aliphatic carbocycles. The lowest BCUT2D eigenvalue weighted by Crippen LogP contribution is -2.43. The molecule has 0 spiro atoms. The molecule has 0 amide bonds. The molecule has 2 aliphatic rings. The molecule has 7 nitrogen and oxygen atoms in total. The molecule has 4 atom stereocenters. The zero-order valence-electron chi connectivity index (χ0n) is 19.5. The van der Waals surface area contributed by atoms with E-state index in [1.165, 1.54) is 64.2 Å². The summed E-state index contributed by atoms with van der Waals surface area (Å²) in [7, 11) is 0. The summed E-state index contributed by atoms with van der Waals surface area (Å²) in [6.45, 7) is 3.80. The van der Waals surface area contributed by atoms with Crippen LogP contribution < -0.4 is 0 Å². The van der Waals surface area contributed by atoms with Gasteiger partial charge in [0.2, 0.25) is 0 Å². The Kier molecular flexibility index (Phi) is 17.2. The first-order chi connectivity index (χ1) is 15.1. The van der Waals surface area contributed by atoms with Crippen molar-refractivity contribution < 1.29 is 34.3 Å². The van der Waals surface area contributed by atoms with Gasteiger partial charge in [0.1, 0.15) is 18.3 Å². The molecule has 0 radical (unpaired) electrons. The van der Waals surface area contributed by atoms with Crippen LogP contribution in [0.5, 0.6) is 0 Å². The maximum absolute atomic E-state index is 11.9.